The number of benzene rings is 1. The average molecular weight is 292 g/mol. The number of para-hydroxylation sites is 1. The van der Waals surface area contributed by atoms with Crippen LogP contribution in [0.1, 0.15) is 23.2 Å². The summed E-state index contributed by atoms with van der Waals surface area (Å²) in [6.07, 6.45) is 1.80. The van der Waals surface area contributed by atoms with E-state index < -0.39 is 16.4 Å². The van der Waals surface area contributed by atoms with E-state index in [0.29, 0.717) is 26.3 Å². The highest BCUT2D eigenvalue weighted by Gasteiger charge is 2.43. The van der Waals surface area contributed by atoms with Gasteiger partial charge in [-0.3, -0.25) is 14.9 Å². The van der Waals surface area contributed by atoms with E-state index in [0.717, 1.165) is 12.8 Å². The molecule has 7 heteroatoms. The van der Waals surface area contributed by atoms with Crippen LogP contribution in [0.5, 0.6) is 5.75 Å². The van der Waals surface area contributed by atoms with Gasteiger partial charge in [-0.1, -0.05) is 6.07 Å². The molecular formula is C14H16N2O5. The van der Waals surface area contributed by atoms with Gasteiger partial charge in [-0.05, 0) is 18.9 Å². The second-order valence-corrected chi connectivity index (χ2v) is 5.71. The van der Waals surface area contributed by atoms with Gasteiger partial charge in [0.15, 0.2) is 0 Å². The minimum atomic E-state index is -0.692. The molecule has 1 aromatic carbocycles. The van der Waals surface area contributed by atoms with Crippen LogP contribution in [-0.2, 0) is 4.74 Å². The van der Waals surface area contributed by atoms with Crippen molar-refractivity contribution in [1.82, 2.24) is 4.90 Å². The number of rotatable bonds is 2. The van der Waals surface area contributed by atoms with Crippen molar-refractivity contribution < 1.29 is 19.6 Å². The number of aromatic hydroxyl groups is 1. The van der Waals surface area contributed by atoms with E-state index in [1.165, 1.54) is 18.2 Å². The molecule has 112 valence electrons. The Bertz CT molecular complexity index is 595. The molecule has 2 aliphatic heterocycles. The number of carbonyl (C=O) groups is 1. The first-order chi connectivity index (χ1) is 10.0. The lowest BCUT2D eigenvalue weighted by Crippen LogP contribution is -2.32. The van der Waals surface area contributed by atoms with Crippen molar-refractivity contribution in [2.75, 3.05) is 26.3 Å². The topological polar surface area (TPSA) is 92.9 Å². The first-order valence-electron chi connectivity index (χ1n) is 6.86. The van der Waals surface area contributed by atoms with Gasteiger partial charge in [0.2, 0.25) is 5.75 Å². The Morgan fingerprint density at radius 3 is 2.90 bits per heavy atom. The molecule has 0 bridgehead atoms. The summed E-state index contributed by atoms with van der Waals surface area (Å²) in [5, 5.41) is 20.8. The molecule has 1 amide bonds. The molecule has 0 aromatic heterocycles. The molecule has 1 spiro atoms. The summed E-state index contributed by atoms with van der Waals surface area (Å²) in [5.74, 6) is -0.920. The Hall–Kier alpha value is -2.15. The quantitative estimate of drug-likeness (QED) is 0.659. The highest BCUT2D eigenvalue weighted by molar-refractivity contribution is 5.98. The minimum absolute atomic E-state index is 0.0137. The van der Waals surface area contributed by atoms with Gasteiger partial charge in [0.1, 0.15) is 0 Å². The van der Waals surface area contributed by atoms with Crippen LogP contribution in [0.3, 0.4) is 0 Å². The van der Waals surface area contributed by atoms with Crippen LogP contribution in [0.2, 0.25) is 0 Å². The minimum Gasteiger partial charge on any atom is -0.502 e. The van der Waals surface area contributed by atoms with Crippen LogP contribution in [0.4, 0.5) is 5.69 Å². The number of carbonyl (C=O) groups excluding carboxylic acids is 1. The van der Waals surface area contributed by atoms with Crippen LogP contribution in [0.15, 0.2) is 18.2 Å². The van der Waals surface area contributed by atoms with Gasteiger partial charge < -0.3 is 14.7 Å². The van der Waals surface area contributed by atoms with Gasteiger partial charge in [-0.2, -0.15) is 0 Å². The fourth-order valence-electron chi connectivity index (χ4n) is 3.10. The third-order valence-corrected chi connectivity index (χ3v) is 4.35. The van der Waals surface area contributed by atoms with Crippen molar-refractivity contribution in [3.8, 4) is 5.75 Å². The van der Waals surface area contributed by atoms with Gasteiger partial charge in [0.25, 0.3) is 5.91 Å². The predicted octanol–water partition coefficient (Wildman–Crippen LogP) is 1.55. The molecule has 3 rings (SSSR count). The molecule has 0 unspecified atom stereocenters. The molecule has 0 aliphatic carbocycles. The fourth-order valence-corrected chi connectivity index (χ4v) is 3.10. The zero-order valence-electron chi connectivity index (χ0n) is 11.4. The highest BCUT2D eigenvalue weighted by Crippen LogP contribution is 2.39. The second kappa shape index (κ2) is 5.00. The number of hydrogen-bond donors (Lipinski definition) is 1. The lowest BCUT2D eigenvalue weighted by molar-refractivity contribution is -0.385. The number of nitro groups is 1. The van der Waals surface area contributed by atoms with Gasteiger partial charge in [-0.15, -0.1) is 0 Å². The summed E-state index contributed by atoms with van der Waals surface area (Å²) >= 11 is 0. The fraction of sp³-hybridized carbons (Fsp3) is 0.500. The summed E-state index contributed by atoms with van der Waals surface area (Å²) in [4.78, 5) is 24.3. The monoisotopic (exact) mass is 292 g/mol. The number of phenolic OH excluding ortho intramolecular Hbond substituents is 1. The Balaban J connectivity index is 1.83. The van der Waals surface area contributed by atoms with Gasteiger partial charge >= 0.3 is 5.69 Å². The molecule has 1 N–H and O–H groups in total. The largest absolute Gasteiger partial charge is 0.502 e. The van der Waals surface area contributed by atoms with Crippen LogP contribution in [0, 0.1) is 15.5 Å². The van der Waals surface area contributed by atoms with E-state index >= 15 is 0 Å². The molecule has 1 atom stereocenters. The maximum atomic E-state index is 12.5. The molecule has 21 heavy (non-hydrogen) atoms. The third-order valence-electron chi connectivity index (χ3n) is 4.35. The zero-order valence-corrected chi connectivity index (χ0v) is 11.4. The summed E-state index contributed by atoms with van der Waals surface area (Å²) in [5.41, 5.74) is -0.439. The molecular weight excluding hydrogens is 276 g/mol. The maximum absolute atomic E-state index is 12.5. The van der Waals surface area contributed by atoms with Crippen molar-refractivity contribution in [1.29, 1.82) is 0 Å². The van der Waals surface area contributed by atoms with Crippen molar-refractivity contribution in [3.05, 3.63) is 33.9 Å². The van der Waals surface area contributed by atoms with Crippen molar-refractivity contribution in [2.24, 2.45) is 5.41 Å². The van der Waals surface area contributed by atoms with E-state index in [4.69, 9.17) is 4.74 Å². The number of nitro benzene ring substituents is 1. The summed E-state index contributed by atoms with van der Waals surface area (Å²) in [7, 11) is 0. The third kappa shape index (κ3) is 2.33. The maximum Gasteiger partial charge on any atom is 0.311 e. The van der Waals surface area contributed by atoms with Crippen LogP contribution < -0.4 is 0 Å². The Morgan fingerprint density at radius 1 is 1.43 bits per heavy atom. The smallest absolute Gasteiger partial charge is 0.311 e. The van der Waals surface area contributed by atoms with Crippen LogP contribution >= 0.6 is 0 Å². The molecule has 7 nitrogen and oxygen atoms in total. The van der Waals surface area contributed by atoms with Crippen molar-refractivity contribution >= 4 is 11.6 Å². The van der Waals surface area contributed by atoms with E-state index in [9.17, 15) is 20.0 Å². The van der Waals surface area contributed by atoms with E-state index in [1.54, 1.807) is 4.90 Å². The summed E-state index contributed by atoms with van der Waals surface area (Å²) in [6.45, 7) is 2.53. The molecule has 2 fully saturated rings. The first-order valence-corrected chi connectivity index (χ1v) is 6.86. The van der Waals surface area contributed by atoms with Crippen molar-refractivity contribution in [3.63, 3.8) is 0 Å². The number of amides is 1. The molecule has 0 radical (unpaired) electrons. The lowest BCUT2D eigenvalue weighted by Gasteiger charge is -2.22. The lowest BCUT2D eigenvalue weighted by atomic mass is 9.87. The molecule has 1 aromatic rings. The van der Waals surface area contributed by atoms with Gasteiger partial charge in [0, 0.05) is 31.2 Å². The normalized spacial score (nSPS) is 24.7. The predicted molar refractivity (Wildman–Crippen MR) is 73.2 cm³/mol. The van der Waals surface area contributed by atoms with Gasteiger partial charge in [-0.25, -0.2) is 0 Å². The highest BCUT2D eigenvalue weighted by atomic mass is 16.6. The Labute approximate surface area is 121 Å². The first kappa shape index (κ1) is 13.8. The standard InChI is InChI=1S/C14H16N2O5/c17-12-10(2-1-3-11(12)16(19)20)13(18)15-6-4-14(8-15)5-7-21-9-14/h1-3,17H,4-9H2/t14-/m0/s1. The van der Waals surface area contributed by atoms with E-state index in [2.05, 4.69) is 0 Å². The molecule has 2 aliphatic rings. The molecule has 2 saturated heterocycles. The molecule has 2 heterocycles. The molecule has 0 saturated carbocycles. The second-order valence-electron chi connectivity index (χ2n) is 5.71. The number of nitrogens with zero attached hydrogens (tertiary/aromatic N) is 2. The van der Waals surface area contributed by atoms with Gasteiger partial charge in [0.05, 0.1) is 17.1 Å². The van der Waals surface area contributed by atoms with Crippen molar-refractivity contribution in [2.45, 2.75) is 12.8 Å². The Kier molecular flexibility index (Phi) is 3.29. The SMILES string of the molecule is O=C(c1cccc([N+](=O)[O-])c1O)N1CC[C@]2(CCOC2)C1. The number of phenols is 1. The average Bonchev–Trinajstić information content (AvgIpc) is 3.09. The number of ether oxygens (including phenoxy) is 1. The summed E-state index contributed by atoms with van der Waals surface area (Å²) in [6, 6.07) is 4.01. The zero-order chi connectivity index (χ0) is 15.0. The van der Waals surface area contributed by atoms with E-state index in [-0.39, 0.29) is 16.9 Å². The number of likely N-dealkylation sites (tertiary alicyclic amines) is 1. The Morgan fingerprint density at radius 2 is 2.24 bits per heavy atom. The summed E-state index contributed by atoms with van der Waals surface area (Å²) < 4.78 is 5.41. The van der Waals surface area contributed by atoms with Crippen LogP contribution in [-0.4, -0.2) is 47.1 Å². The number of hydrogen-bond acceptors (Lipinski definition) is 5. The van der Waals surface area contributed by atoms with Crippen LogP contribution in [0.25, 0.3) is 0 Å². The van der Waals surface area contributed by atoms with E-state index in [1.807, 2.05) is 0 Å².